The van der Waals surface area contributed by atoms with Crippen molar-refractivity contribution in [3.05, 3.63) is 0 Å². The second-order valence-electron chi connectivity index (χ2n) is 5.94. The summed E-state index contributed by atoms with van der Waals surface area (Å²) in [6.45, 7) is 7.42. The van der Waals surface area contributed by atoms with Gasteiger partial charge in [-0.05, 0) is 49.9 Å². The third-order valence-electron chi connectivity index (χ3n) is 4.57. The SMILES string of the molecule is CCC(CC)(CBr)CN(CC1CC1)C1CC1. The average Bonchev–Trinajstić information content (AvgIpc) is 3.17. The van der Waals surface area contributed by atoms with E-state index in [1.165, 1.54) is 56.9 Å². The summed E-state index contributed by atoms with van der Waals surface area (Å²) in [6.07, 6.45) is 8.51. The zero-order chi connectivity index (χ0) is 11.6. The minimum absolute atomic E-state index is 0.525. The first kappa shape index (κ1) is 12.9. The van der Waals surface area contributed by atoms with Crippen molar-refractivity contribution in [3.63, 3.8) is 0 Å². The van der Waals surface area contributed by atoms with E-state index in [2.05, 4.69) is 34.7 Å². The van der Waals surface area contributed by atoms with E-state index in [-0.39, 0.29) is 0 Å². The Bertz CT molecular complexity index is 209. The van der Waals surface area contributed by atoms with Gasteiger partial charge in [-0.1, -0.05) is 29.8 Å². The van der Waals surface area contributed by atoms with Crippen molar-refractivity contribution in [2.75, 3.05) is 18.4 Å². The molecule has 0 atom stereocenters. The van der Waals surface area contributed by atoms with Gasteiger partial charge in [-0.3, -0.25) is 4.90 Å². The summed E-state index contributed by atoms with van der Waals surface area (Å²) in [4.78, 5) is 2.81. The fraction of sp³-hybridized carbons (Fsp3) is 1.00. The second kappa shape index (κ2) is 5.39. The minimum Gasteiger partial charge on any atom is -0.300 e. The van der Waals surface area contributed by atoms with Crippen LogP contribution in [-0.4, -0.2) is 29.4 Å². The average molecular weight is 288 g/mol. The monoisotopic (exact) mass is 287 g/mol. The van der Waals surface area contributed by atoms with E-state index in [4.69, 9.17) is 0 Å². The van der Waals surface area contributed by atoms with Gasteiger partial charge in [-0.25, -0.2) is 0 Å². The molecule has 0 N–H and O–H groups in total. The molecule has 16 heavy (non-hydrogen) atoms. The van der Waals surface area contributed by atoms with Gasteiger partial charge < -0.3 is 0 Å². The van der Waals surface area contributed by atoms with E-state index >= 15 is 0 Å². The fourth-order valence-electron chi connectivity index (χ4n) is 2.55. The molecule has 2 fully saturated rings. The lowest BCUT2D eigenvalue weighted by atomic mass is 9.84. The molecule has 0 amide bonds. The van der Waals surface area contributed by atoms with Crippen LogP contribution in [0.3, 0.4) is 0 Å². The Morgan fingerprint density at radius 1 is 1.12 bits per heavy atom. The van der Waals surface area contributed by atoms with Crippen molar-refractivity contribution in [2.45, 2.75) is 58.4 Å². The normalized spacial score (nSPS) is 21.8. The summed E-state index contributed by atoms with van der Waals surface area (Å²) < 4.78 is 0. The summed E-state index contributed by atoms with van der Waals surface area (Å²) in [5, 5.41) is 1.17. The molecule has 0 spiro atoms. The van der Waals surface area contributed by atoms with E-state index in [9.17, 15) is 0 Å². The zero-order valence-electron chi connectivity index (χ0n) is 10.8. The maximum absolute atomic E-state index is 3.75. The molecule has 94 valence electrons. The van der Waals surface area contributed by atoms with E-state index in [0.717, 1.165) is 12.0 Å². The number of rotatable bonds is 8. The summed E-state index contributed by atoms with van der Waals surface area (Å²) in [7, 11) is 0. The van der Waals surface area contributed by atoms with Gasteiger partial charge in [0.2, 0.25) is 0 Å². The third-order valence-corrected chi connectivity index (χ3v) is 5.76. The summed E-state index contributed by atoms with van der Waals surface area (Å²) in [5.74, 6) is 1.04. The second-order valence-corrected chi connectivity index (χ2v) is 6.51. The van der Waals surface area contributed by atoms with Crippen LogP contribution >= 0.6 is 15.9 Å². The summed E-state index contributed by atoms with van der Waals surface area (Å²) in [6, 6.07) is 0.942. The molecule has 0 heterocycles. The number of hydrogen-bond donors (Lipinski definition) is 0. The van der Waals surface area contributed by atoms with Gasteiger partial charge in [0.1, 0.15) is 0 Å². The fourth-order valence-corrected chi connectivity index (χ4v) is 3.52. The Morgan fingerprint density at radius 3 is 2.12 bits per heavy atom. The molecule has 0 aromatic carbocycles. The molecule has 0 radical (unpaired) electrons. The van der Waals surface area contributed by atoms with Crippen LogP contribution in [0.1, 0.15) is 52.4 Å². The van der Waals surface area contributed by atoms with E-state index in [1.54, 1.807) is 0 Å². The predicted molar refractivity (Wildman–Crippen MR) is 74.1 cm³/mol. The maximum atomic E-state index is 3.75. The summed E-state index contributed by atoms with van der Waals surface area (Å²) >= 11 is 3.75. The van der Waals surface area contributed by atoms with Crippen LogP contribution in [0.2, 0.25) is 0 Å². The molecular formula is C14H26BrN. The number of halogens is 1. The highest BCUT2D eigenvalue weighted by Gasteiger charge is 2.37. The molecule has 0 aromatic heterocycles. The van der Waals surface area contributed by atoms with Crippen molar-refractivity contribution in [1.29, 1.82) is 0 Å². The van der Waals surface area contributed by atoms with E-state index in [1.807, 2.05) is 0 Å². The van der Waals surface area contributed by atoms with Crippen LogP contribution in [-0.2, 0) is 0 Å². The first-order valence-corrected chi connectivity index (χ1v) is 8.15. The smallest absolute Gasteiger partial charge is 0.01000 e. The molecule has 0 aliphatic heterocycles. The first-order chi connectivity index (χ1) is 7.73. The van der Waals surface area contributed by atoms with Crippen LogP contribution in [0.15, 0.2) is 0 Å². The van der Waals surface area contributed by atoms with Gasteiger partial charge in [0.05, 0.1) is 0 Å². The number of nitrogens with zero attached hydrogens (tertiary/aromatic N) is 1. The largest absolute Gasteiger partial charge is 0.300 e. The molecule has 2 heteroatoms. The molecule has 1 nitrogen and oxygen atoms in total. The standard InChI is InChI=1S/C14H26BrN/c1-3-14(4-2,10-15)11-16(13-7-8-13)9-12-5-6-12/h12-13H,3-11H2,1-2H3. The summed E-state index contributed by atoms with van der Waals surface area (Å²) in [5.41, 5.74) is 0.525. The lowest BCUT2D eigenvalue weighted by Gasteiger charge is -2.36. The Balaban J connectivity index is 1.90. The quantitative estimate of drug-likeness (QED) is 0.609. The highest BCUT2D eigenvalue weighted by Crippen LogP contribution is 2.38. The van der Waals surface area contributed by atoms with Crippen LogP contribution in [0, 0.1) is 11.3 Å². The van der Waals surface area contributed by atoms with Crippen molar-refractivity contribution in [2.24, 2.45) is 11.3 Å². The lowest BCUT2D eigenvalue weighted by Crippen LogP contribution is -2.40. The van der Waals surface area contributed by atoms with Gasteiger partial charge in [-0.15, -0.1) is 0 Å². The molecule has 0 aromatic rings. The van der Waals surface area contributed by atoms with Gasteiger partial charge in [-0.2, -0.15) is 0 Å². The highest BCUT2D eigenvalue weighted by atomic mass is 79.9. The number of alkyl halides is 1. The van der Waals surface area contributed by atoms with Gasteiger partial charge in [0.15, 0.2) is 0 Å². The molecule has 2 aliphatic rings. The lowest BCUT2D eigenvalue weighted by molar-refractivity contribution is 0.146. The Hall–Kier alpha value is 0.440. The van der Waals surface area contributed by atoms with Gasteiger partial charge in [0.25, 0.3) is 0 Å². The van der Waals surface area contributed by atoms with Crippen molar-refractivity contribution in [3.8, 4) is 0 Å². The van der Waals surface area contributed by atoms with Crippen molar-refractivity contribution in [1.82, 2.24) is 4.90 Å². The molecule has 0 unspecified atom stereocenters. The topological polar surface area (TPSA) is 3.24 Å². The van der Waals surface area contributed by atoms with Crippen LogP contribution < -0.4 is 0 Å². The van der Waals surface area contributed by atoms with Crippen molar-refractivity contribution < 1.29 is 0 Å². The van der Waals surface area contributed by atoms with Crippen LogP contribution in [0.5, 0.6) is 0 Å². The highest BCUT2D eigenvalue weighted by molar-refractivity contribution is 9.09. The minimum atomic E-state index is 0.525. The number of hydrogen-bond acceptors (Lipinski definition) is 1. The molecule has 0 bridgehead atoms. The Kier molecular flexibility index (Phi) is 4.34. The predicted octanol–water partition coefficient (Wildman–Crippen LogP) is 4.06. The molecule has 2 saturated carbocycles. The molecule has 2 rings (SSSR count). The van der Waals surface area contributed by atoms with Crippen LogP contribution in [0.25, 0.3) is 0 Å². The van der Waals surface area contributed by atoms with Crippen molar-refractivity contribution >= 4 is 15.9 Å². The molecular weight excluding hydrogens is 262 g/mol. The zero-order valence-corrected chi connectivity index (χ0v) is 12.4. The molecule has 0 saturated heterocycles. The maximum Gasteiger partial charge on any atom is 0.01000 e. The Morgan fingerprint density at radius 2 is 1.75 bits per heavy atom. The molecule has 2 aliphatic carbocycles. The van der Waals surface area contributed by atoms with Gasteiger partial charge in [0, 0.05) is 24.5 Å². The van der Waals surface area contributed by atoms with E-state index < -0.39 is 0 Å². The Labute approximate surface area is 109 Å². The third kappa shape index (κ3) is 3.22. The first-order valence-electron chi connectivity index (χ1n) is 7.03. The van der Waals surface area contributed by atoms with Crippen LogP contribution in [0.4, 0.5) is 0 Å². The van der Waals surface area contributed by atoms with E-state index in [0.29, 0.717) is 5.41 Å². The van der Waals surface area contributed by atoms with Gasteiger partial charge >= 0.3 is 0 Å².